The molecule has 0 spiro atoms. The van der Waals surface area contributed by atoms with Gasteiger partial charge in [-0.2, -0.15) is 0 Å². The van der Waals surface area contributed by atoms with Crippen molar-refractivity contribution in [2.24, 2.45) is 0 Å². The second-order valence-electron chi connectivity index (χ2n) is 3.41. The highest BCUT2D eigenvalue weighted by atomic mass is 15.1. The van der Waals surface area contributed by atoms with Crippen molar-refractivity contribution >= 4 is 5.69 Å². The largest absolute Gasteiger partial charge is 0.364 e. The molecule has 0 N–H and O–H groups in total. The van der Waals surface area contributed by atoms with Crippen LogP contribution < -0.4 is 4.90 Å². The highest BCUT2D eigenvalue weighted by Gasteiger charge is 2.00. The lowest BCUT2D eigenvalue weighted by molar-refractivity contribution is 0.951. The third kappa shape index (κ3) is 6.62. The molecule has 0 saturated heterocycles. The molecule has 1 rings (SSSR count). The van der Waals surface area contributed by atoms with Gasteiger partial charge in [-0.1, -0.05) is 57.2 Å². The van der Waals surface area contributed by atoms with Gasteiger partial charge in [-0.25, -0.2) is 0 Å². The van der Waals surface area contributed by atoms with Crippen molar-refractivity contribution in [1.82, 2.24) is 0 Å². The van der Waals surface area contributed by atoms with E-state index < -0.39 is 0 Å². The maximum Gasteiger partial charge on any atom is 0.0371 e. The van der Waals surface area contributed by atoms with Gasteiger partial charge in [0.2, 0.25) is 0 Å². The molecule has 0 aliphatic heterocycles. The zero-order valence-electron chi connectivity index (χ0n) is 11.4. The molecular formula is C16H25N. The van der Waals surface area contributed by atoms with E-state index in [-0.39, 0.29) is 0 Å². The van der Waals surface area contributed by atoms with E-state index in [2.05, 4.69) is 54.8 Å². The Morgan fingerprint density at radius 3 is 2.24 bits per heavy atom. The van der Waals surface area contributed by atoms with Gasteiger partial charge < -0.3 is 4.90 Å². The molecule has 17 heavy (non-hydrogen) atoms. The summed E-state index contributed by atoms with van der Waals surface area (Å²) in [5, 5.41) is 0. The number of rotatable bonds is 6. The SMILES string of the molecule is C=CCN(C/C=C/CC)c1ccccc1.CC. The van der Waals surface area contributed by atoms with Gasteiger partial charge in [0.15, 0.2) is 0 Å². The van der Waals surface area contributed by atoms with Gasteiger partial charge in [0.25, 0.3) is 0 Å². The summed E-state index contributed by atoms with van der Waals surface area (Å²) in [5.74, 6) is 0. The number of para-hydroxylation sites is 1. The topological polar surface area (TPSA) is 3.24 Å². The average Bonchev–Trinajstić information content (AvgIpc) is 2.41. The van der Waals surface area contributed by atoms with Crippen LogP contribution in [0, 0.1) is 0 Å². The number of anilines is 1. The molecule has 1 aromatic rings. The Kier molecular flexibility index (Phi) is 10.0. The molecule has 1 heteroatoms. The van der Waals surface area contributed by atoms with Crippen LogP contribution in [0.15, 0.2) is 55.1 Å². The van der Waals surface area contributed by atoms with Crippen LogP contribution in [0.3, 0.4) is 0 Å². The Morgan fingerprint density at radius 2 is 1.71 bits per heavy atom. The van der Waals surface area contributed by atoms with Gasteiger partial charge >= 0.3 is 0 Å². The minimum absolute atomic E-state index is 0.887. The third-order valence-electron chi connectivity index (χ3n) is 2.20. The van der Waals surface area contributed by atoms with Gasteiger partial charge in [0.05, 0.1) is 0 Å². The molecule has 0 radical (unpaired) electrons. The summed E-state index contributed by atoms with van der Waals surface area (Å²) in [6.07, 6.45) is 7.43. The van der Waals surface area contributed by atoms with Crippen LogP contribution in [0.1, 0.15) is 27.2 Å². The smallest absolute Gasteiger partial charge is 0.0371 e. The summed E-state index contributed by atoms with van der Waals surface area (Å²) in [6, 6.07) is 10.4. The summed E-state index contributed by atoms with van der Waals surface area (Å²) in [7, 11) is 0. The zero-order chi connectivity index (χ0) is 12.9. The molecule has 0 heterocycles. The number of hydrogen-bond acceptors (Lipinski definition) is 1. The van der Waals surface area contributed by atoms with Crippen LogP contribution in [0.2, 0.25) is 0 Å². The molecule has 0 bridgehead atoms. The Labute approximate surface area is 106 Å². The quantitative estimate of drug-likeness (QED) is 0.643. The van der Waals surface area contributed by atoms with Crippen LogP contribution in [-0.4, -0.2) is 13.1 Å². The predicted octanol–water partition coefficient (Wildman–Crippen LogP) is 4.67. The number of nitrogens with zero attached hydrogens (tertiary/aromatic N) is 1. The number of allylic oxidation sites excluding steroid dienone is 1. The normalized spacial score (nSPS) is 9.59. The lowest BCUT2D eigenvalue weighted by atomic mass is 10.2. The van der Waals surface area contributed by atoms with E-state index in [4.69, 9.17) is 0 Å². The van der Waals surface area contributed by atoms with Crippen molar-refractivity contribution in [2.75, 3.05) is 18.0 Å². The highest BCUT2D eigenvalue weighted by molar-refractivity contribution is 5.47. The van der Waals surface area contributed by atoms with E-state index in [0.29, 0.717) is 0 Å². The van der Waals surface area contributed by atoms with E-state index >= 15 is 0 Å². The first-order chi connectivity index (χ1) is 8.38. The van der Waals surface area contributed by atoms with Crippen molar-refractivity contribution in [3.05, 3.63) is 55.1 Å². The van der Waals surface area contributed by atoms with Gasteiger partial charge in [0.1, 0.15) is 0 Å². The summed E-state index contributed by atoms with van der Waals surface area (Å²) in [5.41, 5.74) is 1.25. The Bertz CT molecular complexity index is 301. The average molecular weight is 231 g/mol. The summed E-state index contributed by atoms with van der Waals surface area (Å²) in [6.45, 7) is 11.8. The van der Waals surface area contributed by atoms with Gasteiger partial charge in [-0.15, -0.1) is 6.58 Å². The molecule has 0 fully saturated rings. The summed E-state index contributed by atoms with van der Waals surface area (Å²) in [4.78, 5) is 2.29. The molecule has 0 aliphatic rings. The van der Waals surface area contributed by atoms with Crippen LogP contribution >= 0.6 is 0 Å². The summed E-state index contributed by atoms with van der Waals surface area (Å²) >= 11 is 0. The van der Waals surface area contributed by atoms with Gasteiger partial charge in [0, 0.05) is 18.8 Å². The maximum absolute atomic E-state index is 3.79. The zero-order valence-corrected chi connectivity index (χ0v) is 11.4. The molecule has 0 aromatic heterocycles. The Morgan fingerprint density at radius 1 is 1.06 bits per heavy atom. The molecule has 0 aliphatic carbocycles. The van der Waals surface area contributed by atoms with E-state index in [1.807, 2.05) is 26.0 Å². The van der Waals surface area contributed by atoms with Gasteiger partial charge in [-0.05, 0) is 18.6 Å². The molecular weight excluding hydrogens is 206 g/mol. The van der Waals surface area contributed by atoms with E-state index in [0.717, 1.165) is 19.5 Å². The first-order valence-corrected chi connectivity index (χ1v) is 6.44. The fourth-order valence-electron chi connectivity index (χ4n) is 1.45. The third-order valence-corrected chi connectivity index (χ3v) is 2.20. The second kappa shape index (κ2) is 11.0. The fraction of sp³-hybridized carbons (Fsp3) is 0.375. The van der Waals surface area contributed by atoms with Gasteiger partial charge in [-0.3, -0.25) is 0 Å². The molecule has 0 unspecified atom stereocenters. The molecule has 1 aromatic carbocycles. The minimum atomic E-state index is 0.887. The van der Waals surface area contributed by atoms with E-state index in [9.17, 15) is 0 Å². The van der Waals surface area contributed by atoms with Crippen molar-refractivity contribution in [1.29, 1.82) is 0 Å². The van der Waals surface area contributed by atoms with Crippen molar-refractivity contribution in [3.8, 4) is 0 Å². The van der Waals surface area contributed by atoms with Crippen LogP contribution in [0.5, 0.6) is 0 Å². The highest BCUT2D eigenvalue weighted by Crippen LogP contribution is 2.12. The maximum atomic E-state index is 3.79. The Hall–Kier alpha value is -1.50. The molecule has 0 atom stereocenters. The Balaban J connectivity index is 0.00000121. The van der Waals surface area contributed by atoms with E-state index in [1.54, 1.807) is 0 Å². The monoisotopic (exact) mass is 231 g/mol. The number of hydrogen-bond donors (Lipinski definition) is 0. The van der Waals surface area contributed by atoms with Crippen LogP contribution in [0.25, 0.3) is 0 Å². The lowest BCUT2D eigenvalue weighted by Crippen LogP contribution is -2.22. The number of benzene rings is 1. The standard InChI is InChI=1S/C14H19N.C2H6/c1-3-5-9-13-15(12-4-2)14-10-7-6-8-11-14;1-2/h4-11H,2-3,12-13H2,1H3;1-2H3/b9-5+;. The molecule has 0 amide bonds. The van der Waals surface area contributed by atoms with Crippen molar-refractivity contribution in [2.45, 2.75) is 27.2 Å². The minimum Gasteiger partial charge on any atom is -0.364 e. The summed E-state index contributed by atoms with van der Waals surface area (Å²) < 4.78 is 0. The lowest BCUT2D eigenvalue weighted by Gasteiger charge is -2.21. The van der Waals surface area contributed by atoms with Crippen molar-refractivity contribution in [3.63, 3.8) is 0 Å². The van der Waals surface area contributed by atoms with Crippen LogP contribution in [0.4, 0.5) is 5.69 Å². The van der Waals surface area contributed by atoms with E-state index in [1.165, 1.54) is 5.69 Å². The molecule has 0 saturated carbocycles. The molecule has 1 nitrogen and oxygen atoms in total. The van der Waals surface area contributed by atoms with Crippen LogP contribution in [-0.2, 0) is 0 Å². The van der Waals surface area contributed by atoms with Crippen molar-refractivity contribution < 1.29 is 0 Å². The first-order valence-electron chi connectivity index (χ1n) is 6.44. The fourth-order valence-corrected chi connectivity index (χ4v) is 1.45. The second-order valence-corrected chi connectivity index (χ2v) is 3.41. The molecule has 94 valence electrons. The first kappa shape index (κ1) is 15.5. The predicted molar refractivity (Wildman–Crippen MR) is 79.6 cm³/mol.